The fourth-order valence-corrected chi connectivity index (χ4v) is 1.76. The van der Waals surface area contributed by atoms with E-state index < -0.39 is 6.10 Å². The van der Waals surface area contributed by atoms with Crippen LogP contribution in [0.5, 0.6) is 0 Å². The lowest BCUT2D eigenvalue weighted by Crippen LogP contribution is -2.02. The van der Waals surface area contributed by atoms with Crippen molar-refractivity contribution >= 4 is 11.6 Å². The molecule has 1 atom stereocenters. The van der Waals surface area contributed by atoms with E-state index >= 15 is 0 Å². The summed E-state index contributed by atoms with van der Waals surface area (Å²) in [5, 5.41) is 10.0. The normalized spacial score (nSPS) is 12.5. The van der Waals surface area contributed by atoms with E-state index in [2.05, 4.69) is 15.0 Å². The topological polar surface area (TPSA) is 58.9 Å². The molecule has 0 fully saturated rings. The Kier molecular flexibility index (Phi) is 3.36. The summed E-state index contributed by atoms with van der Waals surface area (Å²) in [5.74, 6) is 0.470. The summed E-state index contributed by atoms with van der Waals surface area (Å²) in [6, 6.07) is 3.49. The predicted octanol–water partition coefficient (Wildman–Crippen LogP) is 2.55. The van der Waals surface area contributed by atoms with E-state index in [9.17, 15) is 5.11 Å². The van der Waals surface area contributed by atoms with Gasteiger partial charge < -0.3 is 5.11 Å². The molecule has 88 valence electrons. The smallest absolute Gasteiger partial charge is 0.179 e. The van der Waals surface area contributed by atoms with Crippen molar-refractivity contribution in [1.82, 2.24) is 15.0 Å². The number of aromatic nitrogens is 3. The number of aliphatic hydroxyl groups excluding tert-OH is 1. The third kappa shape index (κ3) is 2.43. The van der Waals surface area contributed by atoms with Crippen molar-refractivity contribution in [3.05, 3.63) is 40.8 Å². The van der Waals surface area contributed by atoms with Gasteiger partial charge in [-0.2, -0.15) is 0 Å². The van der Waals surface area contributed by atoms with Gasteiger partial charge in [0, 0.05) is 23.7 Å². The van der Waals surface area contributed by atoms with Crippen LogP contribution in [0.1, 0.15) is 24.3 Å². The lowest BCUT2D eigenvalue weighted by Gasteiger charge is -2.09. The highest BCUT2D eigenvalue weighted by Gasteiger charge is 2.11. The molecule has 0 aromatic carbocycles. The molecular formula is C12H12ClN3O. The third-order valence-corrected chi connectivity index (χ3v) is 2.74. The standard InChI is InChI=1S/C12H12ClN3O/c1-7-9(8(2)17)6-15-12(16-7)11-10(13)4-3-5-14-11/h3-6,8,17H,1-2H3. The molecule has 0 aliphatic rings. The van der Waals surface area contributed by atoms with Crippen LogP contribution >= 0.6 is 11.6 Å². The van der Waals surface area contributed by atoms with Gasteiger partial charge in [-0.15, -0.1) is 0 Å². The molecule has 0 aliphatic carbocycles. The van der Waals surface area contributed by atoms with Crippen LogP contribution in [0.25, 0.3) is 11.5 Å². The first-order valence-corrected chi connectivity index (χ1v) is 5.60. The van der Waals surface area contributed by atoms with Gasteiger partial charge in [-0.25, -0.2) is 9.97 Å². The van der Waals surface area contributed by atoms with Gasteiger partial charge >= 0.3 is 0 Å². The van der Waals surface area contributed by atoms with Crippen LogP contribution in [0.2, 0.25) is 5.02 Å². The van der Waals surface area contributed by atoms with E-state index in [1.807, 2.05) is 6.92 Å². The highest BCUT2D eigenvalue weighted by Crippen LogP contribution is 2.23. The molecule has 0 bridgehead atoms. The van der Waals surface area contributed by atoms with Gasteiger partial charge in [0.25, 0.3) is 0 Å². The third-order valence-electron chi connectivity index (χ3n) is 2.44. The Morgan fingerprint density at radius 3 is 2.71 bits per heavy atom. The minimum absolute atomic E-state index is 0.470. The molecule has 2 aromatic rings. The SMILES string of the molecule is Cc1nc(-c2ncccc2Cl)ncc1C(C)O. The summed E-state index contributed by atoms with van der Waals surface area (Å²) >= 11 is 6.02. The number of halogens is 1. The molecular weight excluding hydrogens is 238 g/mol. The zero-order chi connectivity index (χ0) is 12.4. The van der Waals surface area contributed by atoms with E-state index in [1.165, 1.54) is 0 Å². The van der Waals surface area contributed by atoms with Crippen LogP contribution in [0.15, 0.2) is 24.5 Å². The second-order valence-corrected chi connectivity index (χ2v) is 4.15. The molecule has 5 heteroatoms. The van der Waals surface area contributed by atoms with Gasteiger partial charge in [0.05, 0.1) is 11.1 Å². The second kappa shape index (κ2) is 4.77. The summed E-state index contributed by atoms with van der Waals surface area (Å²) in [4.78, 5) is 12.6. The number of aryl methyl sites for hydroxylation is 1. The summed E-state index contributed by atoms with van der Waals surface area (Å²) in [6.07, 6.45) is 2.67. The fourth-order valence-electron chi connectivity index (χ4n) is 1.55. The minimum Gasteiger partial charge on any atom is -0.389 e. The van der Waals surface area contributed by atoms with Crippen molar-refractivity contribution < 1.29 is 5.11 Å². The molecule has 2 rings (SSSR count). The first-order chi connectivity index (χ1) is 8.09. The molecule has 0 aliphatic heterocycles. The van der Waals surface area contributed by atoms with Crippen molar-refractivity contribution in [3.63, 3.8) is 0 Å². The number of hydrogen-bond acceptors (Lipinski definition) is 4. The first kappa shape index (κ1) is 12.0. The van der Waals surface area contributed by atoms with Crippen LogP contribution in [0.4, 0.5) is 0 Å². The van der Waals surface area contributed by atoms with E-state index in [4.69, 9.17) is 11.6 Å². The summed E-state index contributed by atoms with van der Waals surface area (Å²) in [5.41, 5.74) is 1.99. The molecule has 0 amide bonds. The van der Waals surface area contributed by atoms with Crippen LogP contribution in [0, 0.1) is 6.92 Å². The van der Waals surface area contributed by atoms with Crippen LogP contribution in [-0.4, -0.2) is 20.1 Å². The van der Waals surface area contributed by atoms with Gasteiger partial charge in [0.1, 0.15) is 5.69 Å². The highest BCUT2D eigenvalue weighted by atomic mass is 35.5. The molecule has 1 unspecified atom stereocenters. The van der Waals surface area contributed by atoms with Gasteiger partial charge in [-0.1, -0.05) is 11.6 Å². The number of rotatable bonds is 2. The molecule has 2 aromatic heterocycles. The maximum absolute atomic E-state index is 9.50. The van der Waals surface area contributed by atoms with Gasteiger partial charge in [0.2, 0.25) is 0 Å². The molecule has 0 saturated heterocycles. The van der Waals surface area contributed by atoms with Crippen molar-refractivity contribution in [3.8, 4) is 11.5 Å². The van der Waals surface area contributed by atoms with Crippen LogP contribution < -0.4 is 0 Å². The number of pyridine rings is 1. The predicted molar refractivity (Wildman–Crippen MR) is 65.6 cm³/mol. The Bertz CT molecular complexity index is 543. The maximum atomic E-state index is 9.50. The van der Waals surface area contributed by atoms with Crippen molar-refractivity contribution in [2.24, 2.45) is 0 Å². The summed E-state index contributed by atoms with van der Waals surface area (Å²) in [7, 11) is 0. The molecule has 0 radical (unpaired) electrons. The Labute approximate surface area is 104 Å². The monoisotopic (exact) mass is 249 g/mol. The van der Waals surface area contributed by atoms with E-state index in [-0.39, 0.29) is 0 Å². The quantitative estimate of drug-likeness (QED) is 0.889. The Morgan fingerprint density at radius 1 is 1.35 bits per heavy atom. The van der Waals surface area contributed by atoms with Gasteiger partial charge in [-0.3, -0.25) is 4.98 Å². The summed E-state index contributed by atoms with van der Waals surface area (Å²) < 4.78 is 0. The summed E-state index contributed by atoms with van der Waals surface area (Å²) in [6.45, 7) is 3.50. The molecule has 2 heterocycles. The van der Waals surface area contributed by atoms with Crippen LogP contribution in [0.3, 0.4) is 0 Å². The molecule has 0 spiro atoms. The number of hydrogen-bond donors (Lipinski definition) is 1. The minimum atomic E-state index is -0.580. The van der Waals surface area contributed by atoms with Gasteiger partial charge in [0.15, 0.2) is 5.82 Å². The Balaban J connectivity index is 2.49. The Hall–Kier alpha value is -1.52. The molecule has 4 nitrogen and oxygen atoms in total. The van der Waals surface area contributed by atoms with Crippen molar-refractivity contribution in [2.45, 2.75) is 20.0 Å². The maximum Gasteiger partial charge on any atom is 0.179 e. The van der Waals surface area contributed by atoms with Gasteiger partial charge in [-0.05, 0) is 26.0 Å². The second-order valence-electron chi connectivity index (χ2n) is 3.74. The van der Waals surface area contributed by atoms with E-state index in [0.29, 0.717) is 22.1 Å². The average molecular weight is 250 g/mol. The lowest BCUT2D eigenvalue weighted by molar-refractivity contribution is 0.197. The largest absolute Gasteiger partial charge is 0.389 e. The number of aliphatic hydroxyl groups is 1. The highest BCUT2D eigenvalue weighted by molar-refractivity contribution is 6.32. The Morgan fingerprint density at radius 2 is 2.12 bits per heavy atom. The van der Waals surface area contributed by atoms with Crippen molar-refractivity contribution in [2.75, 3.05) is 0 Å². The van der Waals surface area contributed by atoms with E-state index in [0.717, 1.165) is 5.69 Å². The van der Waals surface area contributed by atoms with Crippen molar-refractivity contribution in [1.29, 1.82) is 0 Å². The molecule has 17 heavy (non-hydrogen) atoms. The zero-order valence-electron chi connectivity index (χ0n) is 9.55. The molecule has 1 N–H and O–H groups in total. The first-order valence-electron chi connectivity index (χ1n) is 5.22. The van der Waals surface area contributed by atoms with E-state index in [1.54, 1.807) is 31.5 Å². The number of nitrogens with zero attached hydrogens (tertiary/aromatic N) is 3. The van der Waals surface area contributed by atoms with Crippen LogP contribution in [-0.2, 0) is 0 Å². The lowest BCUT2D eigenvalue weighted by atomic mass is 10.1. The fraction of sp³-hybridized carbons (Fsp3) is 0.250. The zero-order valence-corrected chi connectivity index (χ0v) is 10.3. The molecule has 0 saturated carbocycles. The average Bonchev–Trinajstić information content (AvgIpc) is 2.29.